The van der Waals surface area contributed by atoms with Gasteiger partial charge in [-0.25, -0.2) is 15.3 Å². The summed E-state index contributed by atoms with van der Waals surface area (Å²) in [6.45, 7) is 1.71. The lowest BCUT2D eigenvalue weighted by atomic mass is 10.1. The molecule has 0 bridgehead atoms. The predicted molar refractivity (Wildman–Crippen MR) is 240 cm³/mol. The zero-order chi connectivity index (χ0) is 47.5. The number of benzene rings is 6. The minimum absolute atomic E-state index is 0.0587. The number of aromatic hydroxyl groups is 1. The molecule has 0 aliphatic carbocycles. The van der Waals surface area contributed by atoms with Gasteiger partial charge in [0.05, 0.1) is 63.8 Å². The smallest absolute Gasteiger partial charge is 0.316 e. The van der Waals surface area contributed by atoms with Gasteiger partial charge in [-0.05, 0) is 95.7 Å². The van der Waals surface area contributed by atoms with Crippen molar-refractivity contribution in [3.05, 3.63) is 118 Å². The molecule has 0 aliphatic rings. The van der Waals surface area contributed by atoms with E-state index in [-0.39, 0.29) is 55.3 Å². The summed E-state index contributed by atoms with van der Waals surface area (Å²) < 4.78 is 48.5. The van der Waals surface area contributed by atoms with Crippen LogP contribution < -0.4 is 21.5 Å². The fourth-order valence-corrected chi connectivity index (χ4v) is 7.55. The summed E-state index contributed by atoms with van der Waals surface area (Å²) in [4.78, 5) is 21.6. The normalized spacial score (nSPS) is 12.0. The number of nitrogens with one attached hydrogen (secondary N) is 1. The van der Waals surface area contributed by atoms with Crippen molar-refractivity contribution in [3.63, 3.8) is 0 Å². The zero-order valence-corrected chi connectivity index (χ0v) is 36.1. The first-order chi connectivity index (χ1) is 31.6. The molecular weight excluding hydrogens is 929 g/mol. The molecule has 66 heavy (non-hydrogen) atoms. The molecule has 27 heteroatoms. The van der Waals surface area contributed by atoms with Crippen LogP contribution in [-0.4, -0.2) is 46.7 Å². The van der Waals surface area contributed by atoms with Crippen LogP contribution in [0.5, 0.6) is 11.5 Å². The standard InChI is InChI=1S/C39H32N10O14S3/c1-20-13-32(47-48-37-35(65-63-61-55)15-23-14-25(9-11-28(23)38(37)50)43-45-29-12-7-24(40)16-31(29)42-39(41)51)33(59-2)19-30(20)46-44-26-8-5-21(34(17-26)64-62-60-54)3-4-22-6-10-27(49(52)53)18-36(22)66(56,57)58/h3-19,50,54-55H,40H2,1-2H3,(H3,41,42,51)(H,56,57,58). The van der Waals surface area contributed by atoms with E-state index in [4.69, 9.17) is 26.7 Å². The molecule has 0 saturated heterocycles. The molecule has 6 aromatic carbocycles. The second kappa shape index (κ2) is 21.5. The molecule has 24 nitrogen and oxygen atoms in total. The number of fused-ring (bicyclic) bond motifs is 1. The monoisotopic (exact) mass is 960 g/mol. The number of nitrogen functional groups attached to an aromatic ring is 1. The molecule has 6 rings (SSSR count). The van der Waals surface area contributed by atoms with E-state index < -0.39 is 31.7 Å². The third-order valence-corrected chi connectivity index (χ3v) is 11.0. The van der Waals surface area contributed by atoms with E-state index in [0.717, 1.165) is 18.2 Å². The average molecular weight is 961 g/mol. The number of urea groups is 1. The Hall–Kier alpha value is -7.44. The highest BCUT2D eigenvalue weighted by Gasteiger charge is 2.20. The molecule has 0 aliphatic heterocycles. The van der Waals surface area contributed by atoms with Crippen molar-refractivity contribution < 1.29 is 61.8 Å². The number of nitro groups is 1. The van der Waals surface area contributed by atoms with Crippen LogP contribution in [0, 0.1) is 17.0 Å². The number of ether oxygens (including phenoxy) is 1. The van der Waals surface area contributed by atoms with Crippen LogP contribution in [-0.2, 0) is 28.9 Å². The van der Waals surface area contributed by atoms with Crippen LogP contribution in [0.25, 0.3) is 22.9 Å². The molecule has 0 unspecified atom stereocenters. The third-order valence-electron chi connectivity index (χ3n) is 8.85. The Bertz CT molecular complexity index is 3080. The van der Waals surface area contributed by atoms with Gasteiger partial charge in [0.25, 0.3) is 15.8 Å². The third kappa shape index (κ3) is 12.0. The maximum atomic E-state index is 12.0. The number of carbonyl (C=O) groups excluding carboxylic acids is 1. The van der Waals surface area contributed by atoms with E-state index >= 15 is 0 Å². The molecule has 0 fully saturated rings. The average Bonchev–Trinajstić information content (AvgIpc) is 3.28. The van der Waals surface area contributed by atoms with E-state index in [2.05, 4.69) is 54.7 Å². The highest BCUT2D eigenvalue weighted by molar-refractivity contribution is 7.95. The number of nitrogens with zero attached hydrogens (tertiary/aromatic N) is 7. The lowest BCUT2D eigenvalue weighted by Crippen LogP contribution is -2.19. The fourth-order valence-electron chi connectivity index (χ4n) is 5.85. The molecule has 0 spiro atoms. The number of amides is 2. The van der Waals surface area contributed by atoms with Gasteiger partial charge in [-0.2, -0.15) is 23.8 Å². The zero-order valence-electron chi connectivity index (χ0n) is 33.7. The van der Waals surface area contributed by atoms with Crippen LogP contribution in [0.3, 0.4) is 0 Å². The highest BCUT2D eigenvalue weighted by Crippen LogP contribution is 2.46. The number of aryl methyl sites for hydroxylation is 1. The summed E-state index contributed by atoms with van der Waals surface area (Å²) in [7, 11) is -3.46. The van der Waals surface area contributed by atoms with Crippen molar-refractivity contribution >= 4 is 114 Å². The number of carbonyl (C=O) groups is 1. The quantitative estimate of drug-likeness (QED) is 0.00615. The molecule has 0 atom stereocenters. The molecule has 6 aromatic rings. The van der Waals surface area contributed by atoms with Crippen molar-refractivity contribution in [2.45, 2.75) is 21.6 Å². The van der Waals surface area contributed by atoms with E-state index in [9.17, 15) is 33.0 Å². The summed E-state index contributed by atoms with van der Waals surface area (Å²) in [5, 5.41) is 76.7. The number of non-ortho nitro benzene ring substituents is 1. The van der Waals surface area contributed by atoms with Gasteiger partial charge < -0.3 is 26.6 Å². The summed E-state index contributed by atoms with van der Waals surface area (Å²) in [5.74, 6) is -0.116. The summed E-state index contributed by atoms with van der Waals surface area (Å²) in [5.41, 5.74) is 13.4. The Morgan fingerprint density at radius 1 is 0.788 bits per heavy atom. The molecule has 0 saturated carbocycles. The lowest BCUT2D eigenvalue weighted by Gasteiger charge is -2.10. The van der Waals surface area contributed by atoms with Gasteiger partial charge >= 0.3 is 6.03 Å². The lowest BCUT2D eigenvalue weighted by molar-refractivity contribution is -0.432. The fraction of sp³-hybridized carbons (Fsp3) is 0.0513. The first kappa shape index (κ1) is 48.0. The van der Waals surface area contributed by atoms with Gasteiger partial charge in [0, 0.05) is 34.2 Å². The van der Waals surface area contributed by atoms with E-state index in [1.807, 2.05) is 0 Å². The number of nitro benzene ring substituents is 1. The van der Waals surface area contributed by atoms with Crippen LogP contribution in [0.2, 0.25) is 0 Å². The van der Waals surface area contributed by atoms with Crippen molar-refractivity contribution in [1.82, 2.24) is 0 Å². The Kier molecular flexibility index (Phi) is 15.6. The van der Waals surface area contributed by atoms with E-state index in [1.165, 1.54) is 37.5 Å². The van der Waals surface area contributed by atoms with Crippen LogP contribution in [0.4, 0.5) is 56.0 Å². The molecule has 9 N–H and O–H groups in total. The number of anilines is 2. The number of rotatable bonds is 18. The molecule has 0 aromatic heterocycles. The number of phenolic OH excluding ortho intramolecular Hbond substituents is 1. The largest absolute Gasteiger partial charge is 0.505 e. The molecule has 0 heterocycles. The second-order valence-corrected chi connectivity index (χ2v) is 16.0. The van der Waals surface area contributed by atoms with Gasteiger partial charge in [0.15, 0.2) is 5.75 Å². The van der Waals surface area contributed by atoms with Crippen molar-refractivity contribution in [2.75, 3.05) is 18.2 Å². The minimum Gasteiger partial charge on any atom is -0.505 e. The van der Waals surface area contributed by atoms with E-state index in [1.54, 1.807) is 61.5 Å². The number of nitrogens with two attached hydrogens (primary N) is 2. The Morgan fingerprint density at radius 3 is 2.12 bits per heavy atom. The number of methoxy groups -OCH3 is 1. The van der Waals surface area contributed by atoms with Crippen LogP contribution >= 0.6 is 24.1 Å². The topological polar surface area (TPSA) is 360 Å². The van der Waals surface area contributed by atoms with Gasteiger partial charge in [0.1, 0.15) is 27.7 Å². The maximum absolute atomic E-state index is 12.0. The van der Waals surface area contributed by atoms with Gasteiger partial charge in [0.2, 0.25) is 0 Å². The maximum Gasteiger partial charge on any atom is 0.316 e. The molecule has 340 valence electrons. The molecule has 2 amide bonds. The van der Waals surface area contributed by atoms with Gasteiger partial charge in [-0.3, -0.25) is 14.7 Å². The van der Waals surface area contributed by atoms with Crippen molar-refractivity contribution in [2.24, 2.45) is 36.4 Å². The minimum atomic E-state index is -4.84. The summed E-state index contributed by atoms with van der Waals surface area (Å²) in [6.07, 6.45) is 2.71. The number of hydrogen-bond donors (Lipinski definition) is 7. The summed E-state index contributed by atoms with van der Waals surface area (Å²) >= 11 is 1.08. The number of hydrogen-bond acceptors (Lipinski definition) is 22. The predicted octanol–water partition coefficient (Wildman–Crippen LogP) is 11.4. The van der Waals surface area contributed by atoms with Crippen molar-refractivity contribution in [3.8, 4) is 11.5 Å². The van der Waals surface area contributed by atoms with Crippen LogP contribution in [0.15, 0.2) is 136 Å². The Labute approximate surface area is 380 Å². The number of phenols is 1. The van der Waals surface area contributed by atoms with Crippen molar-refractivity contribution in [1.29, 1.82) is 0 Å². The Morgan fingerprint density at radius 2 is 1.44 bits per heavy atom. The Balaban J connectivity index is 1.27. The summed E-state index contributed by atoms with van der Waals surface area (Å²) in [6, 6.07) is 20.7. The number of azo groups is 3. The van der Waals surface area contributed by atoms with Crippen LogP contribution in [0.1, 0.15) is 16.7 Å². The van der Waals surface area contributed by atoms with Gasteiger partial charge in [-0.15, -0.1) is 24.0 Å². The van der Waals surface area contributed by atoms with E-state index in [0.29, 0.717) is 63.0 Å². The second-order valence-electron chi connectivity index (χ2n) is 13.1. The SMILES string of the molecule is COc1cc(N=Nc2ccc(C=Cc3ccc([N+](=O)[O-])cc3S(=O)(=O)O)c(SOOO)c2)c(C)cc1N=Nc1c(SOOO)cc2cc(N=Nc3ccc(N)cc3NC(N)=O)ccc2c1O. The molecular formula is C39H32N10O14S3. The first-order valence-corrected chi connectivity index (χ1v) is 21.1. The first-order valence-electron chi connectivity index (χ1n) is 18.2. The number of primary amides is 1. The molecule has 0 radical (unpaired) electrons. The highest BCUT2D eigenvalue weighted by atomic mass is 32.2. The van der Waals surface area contributed by atoms with Gasteiger partial charge in [-0.1, -0.05) is 28.3 Å².